The first kappa shape index (κ1) is 12.5. The van der Waals surface area contributed by atoms with Crippen molar-refractivity contribution in [3.63, 3.8) is 0 Å². The molecule has 0 aromatic heterocycles. The number of imide groups is 2. The van der Waals surface area contributed by atoms with Crippen LogP contribution in [-0.4, -0.2) is 66.4 Å². The van der Waals surface area contributed by atoms with E-state index in [4.69, 9.17) is 4.74 Å². The maximum atomic E-state index is 11.8. The number of carbonyl (C=O) groups excluding carboxylic acids is 4. The second kappa shape index (κ2) is 5.13. The number of hydrogen-bond donors (Lipinski definition) is 1. The molecule has 0 bridgehead atoms. The lowest BCUT2D eigenvalue weighted by Gasteiger charge is -2.27. The summed E-state index contributed by atoms with van der Waals surface area (Å²) in [7, 11) is 0. The summed E-state index contributed by atoms with van der Waals surface area (Å²) >= 11 is 0. The second-order valence-electron chi connectivity index (χ2n) is 3.96. The monoisotopic (exact) mass is 255 g/mol. The van der Waals surface area contributed by atoms with Gasteiger partial charge in [0.05, 0.1) is 13.2 Å². The number of hydrogen-bond acceptors (Lipinski definition) is 5. The molecule has 0 aromatic rings. The number of carbonyl (C=O) groups is 4. The van der Waals surface area contributed by atoms with Gasteiger partial charge in [-0.2, -0.15) is 0 Å². The molecule has 0 atom stereocenters. The largest absolute Gasteiger partial charge is 0.378 e. The molecule has 18 heavy (non-hydrogen) atoms. The molecule has 2 rings (SSSR count). The van der Waals surface area contributed by atoms with Crippen molar-refractivity contribution in [3.8, 4) is 0 Å². The molecule has 0 aliphatic carbocycles. The summed E-state index contributed by atoms with van der Waals surface area (Å²) in [5.74, 6) is -2.01. The van der Waals surface area contributed by atoms with Gasteiger partial charge in [0, 0.05) is 26.1 Å². The van der Waals surface area contributed by atoms with Crippen LogP contribution in [0.15, 0.2) is 0 Å². The van der Waals surface area contributed by atoms with Gasteiger partial charge in [-0.3, -0.25) is 24.6 Å². The molecule has 2 saturated heterocycles. The summed E-state index contributed by atoms with van der Waals surface area (Å²) in [6.45, 7) is 1.93. The predicted octanol–water partition coefficient (Wildman–Crippen LogP) is -1.69. The summed E-state index contributed by atoms with van der Waals surface area (Å²) in [5.41, 5.74) is 0. The van der Waals surface area contributed by atoms with Crippen LogP contribution in [0.25, 0.3) is 0 Å². The van der Waals surface area contributed by atoms with Gasteiger partial charge < -0.3 is 9.64 Å². The third-order valence-corrected chi connectivity index (χ3v) is 2.82. The SMILES string of the molecule is O=C1NC(=O)N(CCC(=O)N2CCOCC2)C1=O. The highest BCUT2D eigenvalue weighted by Gasteiger charge is 2.36. The number of amides is 5. The molecule has 8 heteroatoms. The van der Waals surface area contributed by atoms with Crippen LogP contribution in [0.2, 0.25) is 0 Å². The Bertz CT molecular complexity index is 402. The fourth-order valence-corrected chi connectivity index (χ4v) is 1.81. The lowest BCUT2D eigenvalue weighted by atomic mass is 10.3. The molecular weight excluding hydrogens is 242 g/mol. The first-order valence-electron chi connectivity index (χ1n) is 5.62. The quantitative estimate of drug-likeness (QED) is 0.479. The number of nitrogens with zero attached hydrogens (tertiary/aromatic N) is 2. The van der Waals surface area contributed by atoms with Crippen molar-refractivity contribution in [2.24, 2.45) is 0 Å². The van der Waals surface area contributed by atoms with Gasteiger partial charge in [0.1, 0.15) is 0 Å². The van der Waals surface area contributed by atoms with E-state index in [0.717, 1.165) is 4.90 Å². The normalized spacial score (nSPS) is 20.3. The molecule has 8 nitrogen and oxygen atoms in total. The Morgan fingerprint density at radius 3 is 2.44 bits per heavy atom. The molecule has 0 radical (unpaired) electrons. The van der Waals surface area contributed by atoms with E-state index in [-0.39, 0.29) is 18.9 Å². The lowest BCUT2D eigenvalue weighted by molar-refractivity contribution is -0.141. The third kappa shape index (κ3) is 2.48. The summed E-state index contributed by atoms with van der Waals surface area (Å²) in [5, 5.41) is 1.87. The van der Waals surface area contributed by atoms with E-state index < -0.39 is 17.8 Å². The average molecular weight is 255 g/mol. The van der Waals surface area contributed by atoms with Crippen LogP contribution in [0.5, 0.6) is 0 Å². The number of nitrogens with one attached hydrogen (secondary N) is 1. The molecule has 2 heterocycles. The first-order valence-corrected chi connectivity index (χ1v) is 5.62. The van der Waals surface area contributed by atoms with Gasteiger partial charge in [0.2, 0.25) is 5.91 Å². The highest BCUT2D eigenvalue weighted by molar-refractivity contribution is 6.44. The fraction of sp³-hybridized carbons (Fsp3) is 0.600. The van der Waals surface area contributed by atoms with Crippen LogP contribution in [0, 0.1) is 0 Å². The maximum absolute atomic E-state index is 11.8. The van der Waals surface area contributed by atoms with Crippen molar-refractivity contribution < 1.29 is 23.9 Å². The van der Waals surface area contributed by atoms with Crippen LogP contribution in [0.3, 0.4) is 0 Å². The second-order valence-corrected chi connectivity index (χ2v) is 3.96. The standard InChI is InChI=1S/C10H13N3O5/c14-7(12-3-5-18-6-4-12)1-2-13-9(16)8(15)11-10(13)17/h1-6H2,(H,11,15,17). The Morgan fingerprint density at radius 1 is 1.22 bits per heavy atom. The van der Waals surface area contributed by atoms with Crippen molar-refractivity contribution in [3.05, 3.63) is 0 Å². The van der Waals surface area contributed by atoms with Crippen LogP contribution in [0.1, 0.15) is 6.42 Å². The number of morpholine rings is 1. The van der Waals surface area contributed by atoms with E-state index >= 15 is 0 Å². The summed E-state index contributed by atoms with van der Waals surface area (Å²) in [6.07, 6.45) is 0.0203. The van der Waals surface area contributed by atoms with Gasteiger partial charge >= 0.3 is 17.8 Å². The molecule has 5 amide bonds. The molecule has 0 aromatic carbocycles. The molecule has 1 N–H and O–H groups in total. The smallest absolute Gasteiger partial charge is 0.331 e. The van der Waals surface area contributed by atoms with Gasteiger partial charge in [-0.1, -0.05) is 0 Å². The van der Waals surface area contributed by atoms with Crippen molar-refractivity contribution in [2.75, 3.05) is 32.8 Å². The number of ether oxygens (including phenoxy) is 1. The zero-order chi connectivity index (χ0) is 13.1. The lowest BCUT2D eigenvalue weighted by Crippen LogP contribution is -2.42. The molecule has 2 aliphatic heterocycles. The van der Waals surface area contributed by atoms with Crippen molar-refractivity contribution in [2.45, 2.75) is 6.42 Å². The Morgan fingerprint density at radius 2 is 1.89 bits per heavy atom. The molecule has 2 fully saturated rings. The van der Waals surface area contributed by atoms with Crippen LogP contribution in [0.4, 0.5) is 4.79 Å². The Balaban J connectivity index is 1.84. The van der Waals surface area contributed by atoms with Crippen LogP contribution >= 0.6 is 0 Å². The molecule has 98 valence electrons. The Labute approximate surface area is 103 Å². The zero-order valence-corrected chi connectivity index (χ0v) is 9.68. The zero-order valence-electron chi connectivity index (χ0n) is 9.68. The van der Waals surface area contributed by atoms with Gasteiger partial charge in [-0.25, -0.2) is 4.79 Å². The topological polar surface area (TPSA) is 96.0 Å². The van der Waals surface area contributed by atoms with E-state index in [9.17, 15) is 19.2 Å². The number of rotatable bonds is 3. The minimum Gasteiger partial charge on any atom is -0.378 e. The summed E-state index contributed by atoms with van der Waals surface area (Å²) in [6, 6.07) is -0.764. The van der Waals surface area contributed by atoms with E-state index in [1.807, 2.05) is 5.32 Å². The van der Waals surface area contributed by atoms with Gasteiger partial charge in [-0.05, 0) is 0 Å². The molecule has 0 saturated carbocycles. The van der Waals surface area contributed by atoms with Gasteiger partial charge in [-0.15, -0.1) is 0 Å². The van der Waals surface area contributed by atoms with E-state index in [0.29, 0.717) is 26.3 Å². The third-order valence-electron chi connectivity index (χ3n) is 2.82. The van der Waals surface area contributed by atoms with Crippen molar-refractivity contribution >= 4 is 23.8 Å². The summed E-state index contributed by atoms with van der Waals surface area (Å²) < 4.78 is 5.11. The van der Waals surface area contributed by atoms with E-state index in [1.54, 1.807) is 4.90 Å². The van der Waals surface area contributed by atoms with Gasteiger partial charge in [0.15, 0.2) is 0 Å². The fourth-order valence-electron chi connectivity index (χ4n) is 1.81. The minimum absolute atomic E-state index is 0.0203. The maximum Gasteiger partial charge on any atom is 0.331 e. The number of urea groups is 1. The van der Waals surface area contributed by atoms with E-state index in [2.05, 4.69) is 0 Å². The first-order chi connectivity index (χ1) is 8.59. The average Bonchev–Trinajstić information content (AvgIpc) is 2.62. The molecule has 2 aliphatic rings. The summed E-state index contributed by atoms with van der Waals surface area (Å²) in [4.78, 5) is 47.5. The molecular formula is C10H13N3O5. The molecule has 0 spiro atoms. The minimum atomic E-state index is -0.946. The predicted molar refractivity (Wildman–Crippen MR) is 57.3 cm³/mol. The van der Waals surface area contributed by atoms with Crippen LogP contribution < -0.4 is 5.32 Å². The van der Waals surface area contributed by atoms with Crippen molar-refractivity contribution in [1.82, 2.24) is 15.1 Å². The van der Waals surface area contributed by atoms with E-state index in [1.165, 1.54) is 0 Å². The highest BCUT2D eigenvalue weighted by Crippen LogP contribution is 2.05. The molecule has 0 unspecified atom stereocenters. The Kier molecular flexibility index (Phi) is 3.56. The Hall–Kier alpha value is -1.96. The van der Waals surface area contributed by atoms with Crippen LogP contribution in [-0.2, 0) is 19.1 Å². The van der Waals surface area contributed by atoms with Crippen molar-refractivity contribution in [1.29, 1.82) is 0 Å². The van der Waals surface area contributed by atoms with Gasteiger partial charge in [0.25, 0.3) is 0 Å². The highest BCUT2D eigenvalue weighted by atomic mass is 16.5.